The van der Waals surface area contributed by atoms with E-state index in [9.17, 15) is 9.18 Å². The van der Waals surface area contributed by atoms with Gasteiger partial charge in [-0.15, -0.1) is 0 Å². The molecule has 3 aromatic rings. The molecular weight excluding hydrogens is 357 g/mol. The van der Waals surface area contributed by atoms with Crippen LogP contribution < -0.4 is 4.74 Å². The van der Waals surface area contributed by atoms with Crippen LogP contribution in [0.2, 0.25) is 0 Å². The molecule has 2 heterocycles. The molecule has 1 amide bonds. The lowest BCUT2D eigenvalue weighted by Gasteiger charge is -2.32. The van der Waals surface area contributed by atoms with Gasteiger partial charge in [0.05, 0.1) is 0 Å². The Morgan fingerprint density at radius 3 is 2.36 bits per heavy atom. The fraction of sp³-hybridized carbons (Fsp3) is 0.273. The number of aryl methyl sites for hydroxylation is 1. The maximum Gasteiger partial charge on any atom is 0.253 e. The maximum absolute atomic E-state index is 13.0. The number of ether oxygens (including phenoxy) is 1. The van der Waals surface area contributed by atoms with Crippen molar-refractivity contribution in [3.8, 4) is 17.1 Å². The highest BCUT2D eigenvalue weighted by Gasteiger charge is 2.24. The summed E-state index contributed by atoms with van der Waals surface area (Å²) in [4.78, 5) is 19.0. The number of piperidine rings is 1. The first kappa shape index (κ1) is 18.2. The number of halogens is 1. The summed E-state index contributed by atoms with van der Waals surface area (Å²) in [6.07, 6.45) is 5.21. The summed E-state index contributed by atoms with van der Waals surface area (Å²) in [5.41, 5.74) is 1.66. The van der Waals surface area contributed by atoms with Crippen LogP contribution in [0.15, 0.2) is 60.9 Å². The van der Waals surface area contributed by atoms with E-state index < -0.39 is 0 Å². The Morgan fingerprint density at radius 1 is 1.07 bits per heavy atom. The Kier molecular flexibility index (Phi) is 5.10. The zero-order valence-corrected chi connectivity index (χ0v) is 15.7. The van der Waals surface area contributed by atoms with Crippen LogP contribution in [-0.4, -0.2) is 39.6 Å². The molecule has 1 fully saturated rings. The molecule has 6 heteroatoms. The topological polar surface area (TPSA) is 47.4 Å². The van der Waals surface area contributed by atoms with Gasteiger partial charge in [0.2, 0.25) is 0 Å². The number of hydrogen-bond acceptors (Lipinski definition) is 3. The highest BCUT2D eigenvalue weighted by atomic mass is 19.1. The van der Waals surface area contributed by atoms with Crippen molar-refractivity contribution in [2.75, 3.05) is 13.1 Å². The summed E-state index contributed by atoms with van der Waals surface area (Å²) in [6.45, 7) is 1.29. The van der Waals surface area contributed by atoms with E-state index in [4.69, 9.17) is 4.74 Å². The van der Waals surface area contributed by atoms with Gasteiger partial charge in [-0.2, -0.15) is 0 Å². The van der Waals surface area contributed by atoms with E-state index in [1.54, 1.807) is 18.3 Å². The second-order valence-electron chi connectivity index (χ2n) is 7.00. The van der Waals surface area contributed by atoms with Crippen molar-refractivity contribution >= 4 is 5.91 Å². The quantitative estimate of drug-likeness (QED) is 0.691. The molecule has 1 saturated heterocycles. The van der Waals surface area contributed by atoms with Crippen molar-refractivity contribution in [2.45, 2.75) is 18.9 Å². The largest absolute Gasteiger partial charge is 0.490 e. The minimum atomic E-state index is -0.276. The number of carbonyl (C=O) groups excluding carboxylic acids is 1. The minimum absolute atomic E-state index is 0.0339. The molecule has 1 aliphatic rings. The number of hydrogen-bond donors (Lipinski definition) is 0. The second kappa shape index (κ2) is 7.84. The number of benzene rings is 2. The fourth-order valence-corrected chi connectivity index (χ4v) is 3.47. The number of nitrogens with zero attached hydrogens (tertiary/aromatic N) is 3. The monoisotopic (exact) mass is 379 g/mol. The van der Waals surface area contributed by atoms with Crippen LogP contribution >= 0.6 is 0 Å². The second-order valence-corrected chi connectivity index (χ2v) is 7.00. The van der Waals surface area contributed by atoms with Gasteiger partial charge in [-0.3, -0.25) is 4.79 Å². The Hall–Kier alpha value is -3.15. The summed E-state index contributed by atoms with van der Waals surface area (Å²) in [6, 6.07) is 13.6. The Bertz CT molecular complexity index is 943. The van der Waals surface area contributed by atoms with Crippen LogP contribution in [0.25, 0.3) is 11.4 Å². The molecule has 0 atom stereocenters. The van der Waals surface area contributed by atoms with E-state index in [0.717, 1.165) is 24.2 Å². The molecule has 0 N–H and O–H groups in total. The first-order valence-electron chi connectivity index (χ1n) is 9.39. The van der Waals surface area contributed by atoms with Crippen molar-refractivity contribution in [3.63, 3.8) is 0 Å². The van der Waals surface area contributed by atoms with Crippen LogP contribution in [0.3, 0.4) is 0 Å². The lowest BCUT2D eigenvalue weighted by molar-refractivity contribution is 0.0595. The normalized spacial score (nSPS) is 14.9. The molecule has 1 aliphatic heterocycles. The van der Waals surface area contributed by atoms with Gasteiger partial charge < -0.3 is 14.2 Å². The Labute approximate surface area is 163 Å². The zero-order valence-electron chi connectivity index (χ0n) is 15.7. The van der Waals surface area contributed by atoms with Crippen LogP contribution in [0, 0.1) is 5.82 Å². The molecule has 5 nitrogen and oxygen atoms in total. The van der Waals surface area contributed by atoms with Gasteiger partial charge in [-0.1, -0.05) is 12.1 Å². The van der Waals surface area contributed by atoms with Gasteiger partial charge in [-0.05, 0) is 36.4 Å². The van der Waals surface area contributed by atoms with Gasteiger partial charge in [0, 0.05) is 56.5 Å². The van der Waals surface area contributed by atoms with Crippen LogP contribution in [-0.2, 0) is 7.05 Å². The van der Waals surface area contributed by atoms with Crippen molar-refractivity contribution < 1.29 is 13.9 Å². The van der Waals surface area contributed by atoms with Gasteiger partial charge in [0.15, 0.2) is 0 Å². The molecule has 0 aliphatic carbocycles. The molecule has 0 spiro atoms. The molecule has 144 valence electrons. The third-order valence-electron chi connectivity index (χ3n) is 5.06. The first-order chi connectivity index (χ1) is 13.6. The van der Waals surface area contributed by atoms with Crippen molar-refractivity contribution in [3.05, 3.63) is 72.3 Å². The van der Waals surface area contributed by atoms with E-state index in [2.05, 4.69) is 4.98 Å². The van der Waals surface area contributed by atoms with E-state index in [-0.39, 0.29) is 17.8 Å². The van der Waals surface area contributed by atoms with Gasteiger partial charge in [0.1, 0.15) is 23.5 Å². The number of carbonyl (C=O) groups is 1. The lowest BCUT2D eigenvalue weighted by atomic mass is 10.1. The molecule has 28 heavy (non-hydrogen) atoms. The summed E-state index contributed by atoms with van der Waals surface area (Å²) >= 11 is 0. The van der Waals surface area contributed by atoms with Crippen molar-refractivity contribution in [1.82, 2.24) is 14.5 Å². The SMILES string of the molecule is Cn1ccnc1-c1ccc(C(=O)N2CCC(Oc3ccc(F)cc3)CC2)cc1. The molecular formula is C22H22FN3O2. The number of amides is 1. The highest BCUT2D eigenvalue weighted by Crippen LogP contribution is 2.22. The zero-order chi connectivity index (χ0) is 19.5. The molecule has 4 rings (SSSR count). The average molecular weight is 379 g/mol. The van der Waals surface area contributed by atoms with E-state index in [0.29, 0.717) is 24.4 Å². The third-order valence-corrected chi connectivity index (χ3v) is 5.06. The minimum Gasteiger partial charge on any atom is -0.490 e. The maximum atomic E-state index is 13.0. The van der Waals surface area contributed by atoms with Crippen molar-refractivity contribution in [1.29, 1.82) is 0 Å². The Balaban J connectivity index is 1.35. The smallest absolute Gasteiger partial charge is 0.253 e. The van der Waals surface area contributed by atoms with E-state index in [1.165, 1.54) is 12.1 Å². The average Bonchev–Trinajstić information content (AvgIpc) is 3.16. The molecule has 0 bridgehead atoms. The van der Waals surface area contributed by atoms with Gasteiger partial charge in [-0.25, -0.2) is 9.37 Å². The van der Waals surface area contributed by atoms with Gasteiger partial charge >= 0.3 is 0 Å². The number of aromatic nitrogens is 2. The predicted octanol–water partition coefficient (Wildman–Crippen LogP) is 3.91. The summed E-state index contributed by atoms with van der Waals surface area (Å²) in [5.74, 6) is 1.29. The van der Waals surface area contributed by atoms with Crippen LogP contribution in [0.4, 0.5) is 4.39 Å². The van der Waals surface area contributed by atoms with E-state index >= 15 is 0 Å². The third kappa shape index (κ3) is 3.91. The first-order valence-corrected chi connectivity index (χ1v) is 9.39. The Morgan fingerprint density at radius 2 is 1.75 bits per heavy atom. The molecule has 0 radical (unpaired) electrons. The fourth-order valence-electron chi connectivity index (χ4n) is 3.47. The van der Waals surface area contributed by atoms with Crippen LogP contribution in [0.5, 0.6) is 5.75 Å². The predicted molar refractivity (Wildman–Crippen MR) is 105 cm³/mol. The molecule has 0 unspecified atom stereocenters. The molecule has 2 aromatic carbocycles. The summed E-state index contributed by atoms with van der Waals surface area (Å²) in [7, 11) is 1.94. The number of imidazole rings is 1. The van der Waals surface area contributed by atoms with E-state index in [1.807, 2.05) is 47.0 Å². The molecule has 0 saturated carbocycles. The summed E-state index contributed by atoms with van der Waals surface area (Å²) < 4.78 is 20.8. The number of rotatable bonds is 4. The standard InChI is InChI=1S/C22H22FN3O2/c1-25-15-12-24-21(25)16-2-4-17(5-3-16)22(27)26-13-10-20(11-14-26)28-19-8-6-18(23)7-9-19/h2-9,12,15,20H,10-11,13-14H2,1H3. The number of likely N-dealkylation sites (tertiary alicyclic amines) is 1. The summed E-state index contributed by atoms with van der Waals surface area (Å²) in [5, 5.41) is 0. The molecule has 1 aromatic heterocycles. The highest BCUT2D eigenvalue weighted by molar-refractivity contribution is 5.94. The van der Waals surface area contributed by atoms with Crippen LogP contribution in [0.1, 0.15) is 23.2 Å². The lowest BCUT2D eigenvalue weighted by Crippen LogP contribution is -2.41. The van der Waals surface area contributed by atoms with Gasteiger partial charge in [0.25, 0.3) is 5.91 Å². The van der Waals surface area contributed by atoms with Crippen molar-refractivity contribution in [2.24, 2.45) is 7.05 Å².